The highest BCUT2D eigenvalue weighted by Crippen LogP contribution is 2.41. The standard InChI is InChI=1S/C18H16O/c1-11-15-7-3-5-13-9-10-14-6-4-8-16(12(2)19-11)18(14)17(13)15/h3-12H,1-2H3/t11-,12+. The lowest BCUT2D eigenvalue weighted by molar-refractivity contribution is 0.00863. The van der Waals surface area contributed by atoms with Crippen molar-refractivity contribution in [3.8, 4) is 0 Å². The molecule has 0 bridgehead atoms. The molecule has 0 aromatic heterocycles. The van der Waals surface area contributed by atoms with Crippen LogP contribution in [0.25, 0.3) is 21.5 Å². The molecule has 1 nitrogen and oxygen atoms in total. The van der Waals surface area contributed by atoms with Crippen LogP contribution in [0.15, 0.2) is 48.5 Å². The van der Waals surface area contributed by atoms with Crippen LogP contribution in [0.1, 0.15) is 37.2 Å². The lowest BCUT2D eigenvalue weighted by atomic mass is 9.93. The number of benzene rings is 3. The van der Waals surface area contributed by atoms with Crippen LogP contribution in [0.5, 0.6) is 0 Å². The van der Waals surface area contributed by atoms with Crippen LogP contribution in [-0.4, -0.2) is 0 Å². The summed E-state index contributed by atoms with van der Waals surface area (Å²) >= 11 is 0. The Labute approximate surface area is 112 Å². The fourth-order valence-corrected chi connectivity index (χ4v) is 3.34. The van der Waals surface area contributed by atoms with Crippen LogP contribution in [0.4, 0.5) is 0 Å². The van der Waals surface area contributed by atoms with Crippen LogP contribution in [0, 0.1) is 0 Å². The molecule has 1 heteroatoms. The molecule has 2 atom stereocenters. The first kappa shape index (κ1) is 11.0. The molecule has 0 fully saturated rings. The molecule has 3 aromatic carbocycles. The van der Waals surface area contributed by atoms with E-state index in [-0.39, 0.29) is 12.2 Å². The Bertz CT molecular complexity index is 721. The minimum absolute atomic E-state index is 0.136. The molecule has 1 heterocycles. The van der Waals surface area contributed by atoms with E-state index < -0.39 is 0 Å². The fourth-order valence-electron chi connectivity index (χ4n) is 3.34. The average molecular weight is 248 g/mol. The number of rotatable bonds is 0. The van der Waals surface area contributed by atoms with Gasteiger partial charge in [-0.15, -0.1) is 0 Å². The molecule has 0 unspecified atom stereocenters. The zero-order chi connectivity index (χ0) is 13.0. The monoisotopic (exact) mass is 248 g/mol. The smallest absolute Gasteiger partial charge is 0.0811 e. The van der Waals surface area contributed by atoms with Gasteiger partial charge in [0.2, 0.25) is 0 Å². The Hall–Kier alpha value is -1.86. The third-order valence-corrected chi connectivity index (χ3v) is 4.23. The first-order chi connectivity index (χ1) is 9.25. The lowest BCUT2D eigenvalue weighted by Gasteiger charge is -2.17. The molecular weight excluding hydrogens is 232 g/mol. The topological polar surface area (TPSA) is 9.23 Å². The van der Waals surface area contributed by atoms with E-state index in [0.717, 1.165) is 0 Å². The van der Waals surface area contributed by atoms with Crippen LogP contribution in [-0.2, 0) is 4.74 Å². The maximum Gasteiger partial charge on any atom is 0.0811 e. The van der Waals surface area contributed by atoms with Crippen molar-refractivity contribution >= 4 is 21.5 Å². The molecule has 4 rings (SSSR count). The second-order valence-electron chi connectivity index (χ2n) is 5.38. The number of hydrogen-bond acceptors (Lipinski definition) is 1. The Balaban J connectivity index is 2.31. The van der Waals surface area contributed by atoms with Gasteiger partial charge in [0.25, 0.3) is 0 Å². The molecule has 0 saturated carbocycles. The zero-order valence-corrected chi connectivity index (χ0v) is 11.2. The predicted molar refractivity (Wildman–Crippen MR) is 79.4 cm³/mol. The highest BCUT2D eigenvalue weighted by molar-refractivity contribution is 6.11. The molecule has 0 N–H and O–H groups in total. The van der Waals surface area contributed by atoms with Gasteiger partial charge < -0.3 is 4.74 Å². The van der Waals surface area contributed by atoms with Crippen molar-refractivity contribution in [1.82, 2.24) is 0 Å². The normalized spacial score (nSPS) is 22.0. The van der Waals surface area contributed by atoms with E-state index >= 15 is 0 Å². The van der Waals surface area contributed by atoms with Crippen LogP contribution >= 0.6 is 0 Å². The maximum absolute atomic E-state index is 6.17. The molecule has 19 heavy (non-hydrogen) atoms. The summed E-state index contributed by atoms with van der Waals surface area (Å²) < 4.78 is 6.17. The minimum atomic E-state index is 0.136. The van der Waals surface area contributed by atoms with Gasteiger partial charge >= 0.3 is 0 Å². The summed E-state index contributed by atoms with van der Waals surface area (Å²) in [5.41, 5.74) is 2.61. The Kier molecular flexibility index (Phi) is 2.21. The third-order valence-electron chi connectivity index (χ3n) is 4.23. The van der Waals surface area contributed by atoms with Crippen LogP contribution < -0.4 is 0 Å². The molecular formula is C18H16O. The van der Waals surface area contributed by atoms with E-state index in [1.807, 2.05) is 0 Å². The molecule has 1 aliphatic rings. The van der Waals surface area contributed by atoms with E-state index in [2.05, 4.69) is 62.4 Å². The molecule has 0 saturated heterocycles. The van der Waals surface area contributed by atoms with Crippen molar-refractivity contribution in [3.63, 3.8) is 0 Å². The van der Waals surface area contributed by atoms with Gasteiger partial charge in [-0.05, 0) is 46.5 Å². The van der Waals surface area contributed by atoms with Gasteiger partial charge in [0, 0.05) is 0 Å². The van der Waals surface area contributed by atoms with Crippen molar-refractivity contribution in [2.24, 2.45) is 0 Å². The summed E-state index contributed by atoms with van der Waals surface area (Å²) in [7, 11) is 0. The lowest BCUT2D eigenvalue weighted by Crippen LogP contribution is -2.02. The number of ether oxygens (including phenoxy) is 1. The van der Waals surface area contributed by atoms with Gasteiger partial charge in [-0.2, -0.15) is 0 Å². The highest BCUT2D eigenvalue weighted by atomic mass is 16.5. The minimum Gasteiger partial charge on any atom is -0.366 e. The first-order valence-electron chi connectivity index (χ1n) is 6.85. The first-order valence-corrected chi connectivity index (χ1v) is 6.85. The SMILES string of the molecule is C[C@@H]1O[C@H](C)c2cccc3ccc4cccc1c4c23. The molecule has 0 spiro atoms. The highest BCUT2D eigenvalue weighted by Gasteiger charge is 2.22. The van der Waals surface area contributed by atoms with Gasteiger partial charge in [-0.1, -0.05) is 48.5 Å². The van der Waals surface area contributed by atoms with Gasteiger partial charge in [0.15, 0.2) is 0 Å². The van der Waals surface area contributed by atoms with E-state index in [4.69, 9.17) is 4.74 Å². The summed E-state index contributed by atoms with van der Waals surface area (Å²) in [5.74, 6) is 0. The Morgan fingerprint density at radius 3 is 1.63 bits per heavy atom. The van der Waals surface area contributed by atoms with E-state index in [1.165, 1.54) is 32.7 Å². The Morgan fingerprint density at radius 2 is 1.16 bits per heavy atom. The predicted octanol–water partition coefficient (Wildman–Crippen LogP) is 5.15. The van der Waals surface area contributed by atoms with E-state index in [0.29, 0.717) is 0 Å². The van der Waals surface area contributed by atoms with Gasteiger partial charge in [-0.25, -0.2) is 0 Å². The third kappa shape index (κ3) is 1.45. The molecule has 1 aliphatic heterocycles. The van der Waals surface area contributed by atoms with Gasteiger partial charge in [0.05, 0.1) is 12.2 Å². The largest absolute Gasteiger partial charge is 0.366 e. The summed E-state index contributed by atoms with van der Waals surface area (Å²) in [6.45, 7) is 4.30. The van der Waals surface area contributed by atoms with Crippen molar-refractivity contribution in [2.45, 2.75) is 26.1 Å². The summed E-state index contributed by atoms with van der Waals surface area (Å²) in [6, 6.07) is 17.5. The molecule has 3 aromatic rings. The summed E-state index contributed by atoms with van der Waals surface area (Å²) in [4.78, 5) is 0. The second kappa shape index (κ2) is 3.82. The quantitative estimate of drug-likeness (QED) is 0.500. The van der Waals surface area contributed by atoms with Gasteiger partial charge in [-0.3, -0.25) is 0 Å². The van der Waals surface area contributed by atoms with E-state index in [9.17, 15) is 0 Å². The fraction of sp³-hybridized carbons (Fsp3) is 0.222. The molecule has 0 aliphatic carbocycles. The molecule has 0 amide bonds. The van der Waals surface area contributed by atoms with Crippen LogP contribution in [0.3, 0.4) is 0 Å². The van der Waals surface area contributed by atoms with Crippen molar-refractivity contribution in [3.05, 3.63) is 59.7 Å². The van der Waals surface area contributed by atoms with Crippen molar-refractivity contribution in [1.29, 1.82) is 0 Å². The second-order valence-corrected chi connectivity index (χ2v) is 5.38. The summed E-state index contributed by atoms with van der Waals surface area (Å²) in [5, 5.41) is 5.35. The molecule has 0 radical (unpaired) electrons. The number of hydrogen-bond donors (Lipinski definition) is 0. The zero-order valence-electron chi connectivity index (χ0n) is 11.2. The Morgan fingerprint density at radius 1 is 0.684 bits per heavy atom. The maximum atomic E-state index is 6.17. The van der Waals surface area contributed by atoms with Crippen LogP contribution in [0.2, 0.25) is 0 Å². The van der Waals surface area contributed by atoms with Gasteiger partial charge in [0.1, 0.15) is 0 Å². The van der Waals surface area contributed by atoms with E-state index in [1.54, 1.807) is 0 Å². The summed E-state index contributed by atoms with van der Waals surface area (Å²) in [6.07, 6.45) is 0.272. The molecule has 94 valence electrons. The average Bonchev–Trinajstić information content (AvgIpc) is 2.55. The van der Waals surface area contributed by atoms with Crippen molar-refractivity contribution < 1.29 is 4.74 Å². The van der Waals surface area contributed by atoms with Crippen molar-refractivity contribution in [2.75, 3.05) is 0 Å².